The number of anilines is 2. The molecule has 1 aliphatic heterocycles. The first-order chi connectivity index (χ1) is 10.2. The second kappa shape index (κ2) is 7.88. The highest BCUT2D eigenvalue weighted by atomic mass is 16.1. The van der Waals surface area contributed by atoms with Gasteiger partial charge in [-0.3, -0.25) is 4.79 Å². The van der Waals surface area contributed by atoms with Crippen LogP contribution in [0.2, 0.25) is 0 Å². The topological polar surface area (TPSA) is 70.4 Å². The van der Waals surface area contributed by atoms with Gasteiger partial charge in [0.1, 0.15) is 0 Å². The van der Waals surface area contributed by atoms with E-state index >= 15 is 0 Å². The van der Waals surface area contributed by atoms with Crippen molar-refractivity contribution < 1.29 is 4.79 Å². The molecular formula is C16H26N4O. The molecule has 0 spiro atoms. The molecule has 0 saturated carbocycles. The van der Waals surface area contributed by atoms with Crippen molar-refractivity contribution in [1.29, 1.82) is 0 Å². The summed E-state index contributed by atoms with van der Waals surface area (Å²) in [5.74, 6) is -0.0789. The van der Waals surface area contributed by atoms with Crippen molar-refractivity contribution >= 4 is 17.3 Å². The number of benzene rings is 1. The molecule has 0 aromatic heterocycles. The number of nitrogens with two attached hydrogens (primary N) is 1. The van der Waals surface area contributed by atoms with Gasteiger partial charge >= 0.3 is 0 Å². The van der Waals surface area contributed by atoms with Crippen LogP contribution < -0.4 is 16.4 Å². The van der Waals surface area contributed by atoms with Crippen LogP contribution in [-0.4, -0.2) is 43.5 Å². The quantitative estimate of drug-likeness (QED) is 0.530. The molecule has 5 heteroatoms. The van der Waals surface area contributed by atoms with Gasteiger partial charge in [0, 0.05) is 18.7 Å². The molecule has 1 aromatic carbocycles. The van der Waals surface area contributed by atoms with Crippen LogP contribution in [0.3, 0.4) is 0 Å². The molecule has 1 saturated heterocycles. The van der Waals surface area contributed by atoms with Crippen molar-refractivity contribution in [3.63, 3.8) is 0 Å². The fourth-order valence-electron chi connectivity index (χ4n) is 2.66. The third kappa shape index (κ3) is 4.63. The second-order valence-corrected chi connectivity index (χ2v) is 5.49. The van der Waals surface area contributed by atoms with Gasteiger partial charge in [-0.2, -0.15) is 0 Å². The second-order valence-electron chi connectivity index (χ2n) is 5.49. The predicted octanol–water partition coefficient (Wildman–Crippen LogP) is 1.92. The Labute approximate surface area is 126 Å². The lowest BCUT2D eigenvalue weighted by molar-refractivity contribution is 0.0956. The van der Waals surface area contributed by atoms with Crippen LogP contribution in [0.4, 0.5) is 11.4 Å². The number of carbonyl (C=O) groups excluding carboxylic acids is 1. The molecule has 5 nitrogen and oxygen atoms in total. The lowest BCUT2D eigenvalue weighted by Crippen LogP contribution is -2.23. The number of hydrogen-bond donors (Lipinski definition) is 3. The van der Waals surface area contributed by atoms with Gasteiger partial charge in [-0.05, 0) is 64.0 Å². The van der Waals surface area contributed by atoms with Crippen molar-refractivity contribution in [3.8, 4) is 0 Å². The number of likely N-dealkylation sites (tertiary alicyclic amines) is 1. The Balaban J connectivity index is 1.78. The first-order valence-corrected chi connectivity index (χ1v) is 7.84. The molecular weight excluding hydrogens is 264 g/mol. The minimum Gasteiger partial charge on any atom is -0.397 e. The van der Waals surface area contributed by atoms with Crippen molar-refractivity contribution in [2.24, 2.45) is 0 Å². The smallest absolute Gasteiger partial charge is 0.251 e. The van der Waals surface area contributed by atoms with E-state index in [1.807, 2.05) is 19.1 Å². The Bertz CT molecular complexity index is 469. The summed E-state index contributed by atoms with van der Waals surface area (Å²) >= 11 is 0. The van der Waals surface area contributed by atoms with Gasteiger partial charge in [0.15, 0.2) is 0 Å². The summed E-state index contributed by atoms with van der Waals surface area (Å²) < 4.78 is 0. The largest absolute Gasteiger partial charge is 0.397 e. The van der Waals surface area contributed by atoms with Crippen molar-refractivity contribution in [2.45, 2.75) is 26.2 Å². The highest BCUT2D eigenvalue weighted by molar-refractivity contribution is 5.96. The van der Waals surface area contributed by atoms with Crippen molar-refractivity contribution in [1.82, 2.24) is 10.2 Å². The average Bonchev–Trinajstić information content (AvgIpc) is 2.98. The van der Waals surface area contributed by atoms with E-state index in [0.717, 1.165) is 25.2 Å². The Kier molecular flexibility index (Phi) is 5.87. The van der Waals surface area contributed by atoms with E-state index in [1.54, 1.807) is 6.07 Å². The van der Waals surface area contributed by atoms with E-state index in [2.05, 4.69) is 15.5 Å². The van der Waals surface area contributed by atoms with E-state index in [1.165, 1.54) is 25.9 Å². The van der Waals surface area contributed by atoms with Gasteiger partial charge in [0.05, 0.1) is 11.4 Å². The lowest BCUT2D eigenvalue weighted by atomic mass is 10.1. The molecule has 0 atom stereocenters. The SMILES string of the molecule is CCNC(=O)c1ccc(NCCCN2CCCC2)c(N)c1. The molecule has 4 N–H and O–H groups in total. The first-order valence-electron chi connectivity index (χ1n) is 7.84. The Morgan fingerprint density at radius 1 is 1.33 bits per heavy atom. The number of rotatable bonds is 7. The summed E-state index contributed by atoms with van der Waals surface area (Å²) in [4.78, 5) is 14.2. The average molecular weight is 290 g/mol. The Morgan fingerprint density at radius 3 is 2.76 bits per heavy atom. The zero-order valence-corrected chi connectivity index (χ0v) is 12.8. The number of carbonyl (C=O) groups is 1. The number of amides is 1. The molecule has 0 radical (unpaired) electrons. The van der Waals surface area contributed by atoms with Crippen molar-refractivity contribution in [3.05, 3.63) is 23.8 Å². The van der Waals surface area contributed by atoms with Crippen LogP contribution in [-0.2, 0) is 0 Å². The zero-order valence-electron chi connectivity index (χ0n) is 12.8. The Hall–Kier alpha value is -1.75. The molecule has 2 rings (SSSR count). The van der Waals surface area contributed by atoms with Gasteiger partial charge in [0.2, 0.25) is 0 Å². The van der Waals surface area contributed by atoms with Crippen LogP contribution in [0.25, 0.3) is 0 Å². The molecule has 0 bridgehead atoms. The van der Waals surface area contributed by atoms with E-state index in [4.69, 9.17) is 5.73 Å². The minimum absolute atomic E-state index is 0.0789. The maximum absolute atomic E-state index is 11.7. The fourth-order valence-corrected chi connectivity index (χ4v) is 2.66. The van der Waals surface area contributed by atoms with E-state index in [9.17, 15) is 4.79 Å². The summed E-state index contributed by atoms with van der Waals surface area (Å²) in [5, 5.41) is 6.12. The maximum atomic E-state index is 11.7. The van der Waals surface area contributed by atoms with Crippen molar-refractivity contribution in [2.75, 3.05) is 43.8 Å². The number of hydrogen-bond acceptors (Lipinski definition) is 4. The van der Waals surface area contributed by atoms with Gasteiger partial charge in [-0.15, -0.1) is 0 Å². The van der Waals surface area contributed by atoms with Gasteiger partial charge in [-0.1, -0.05) is 0 Å². The highest BCUT2D eigenvalue weighted by Gasteiger charge is 2.10. The number of nitrogen functional groups attached to an aromatic ring is 1. The van der Waals surface area contributed by atoms with Gasteiger partial charge in [0.25, 0.3) is 5.91 Å². The summed E-state index contributed by atoms with van der Waals surface area (Å²) in [5.41, 5.74) is 8.15. The monoisotopic (exact) mass is 290 g/mol. The standard InChI is InChI=1S/C16H26N4O/c1-2-18-16(21)13-6-7-15(14(17)12-13)19-8-5-11-20-9-3-4-10-20/h6-7,12,19H,2-5,8-11,17H2,1H3,(H,18,21). The third-order valence-corrected chi connectivity index (χ3v) is 3.82. The van der Waals surface area contributed by atoms with Crippen LogP contribution >= 0.6 is 0 Å². The molecule has 1 fully saturated rings. The van der Waals surface area contributed by atoms with Crippen LogP contribution in [0.15, 0.2) is 18.2 Å². The molecule has 0 unspecified atom stereocenters. The normalized spacial score (nSPS) is 15.1. The van der Waals surface area contributed by atoms with Gasteiger partial charge < -0.3 is 21.3 Å². The van der Waals surface area contributed by atoms with Crippen LogP contribution in [0, 0.1) is 0 Å². The summed E-state index contributed by atoms with van der Waals surface area (Å²) in [6.45, 7) is 7.05. The van der Waals surface area contributed by atoms with Crippen LogP contribution in [0.5, 0.6) is 0 Å². The van der Waals surface area contributed by atoms with Gasteiger partial charge in [-0.25, -0.2) is 0 Å². The predicted molar refractivity (Wildman–Crippen MR) is 87.6 cm³/mol. The zero-order chi connectivity index (χ0) is 15.1. The molecule has 1 heterocycles. The molecule has 1 aliphatic rings. The van der Waals surface area contributed by atoms with E-state index in [-0.39, 0.29) is 5.91 Å². The Morgan fingerprint density at radius 2 is 2.10 bits per heavy atom. The molecule has 0 aliphatic carbocycles. The summed E-state index contributed by atoms with van der Waals surface area (Å²) in [6.07, 6.45) is 3.78. The first kappa shape index (κ1) is 15.6. The highest BCUT2D eigenvalue weighted by Crippen LogP contribution is 2.20. The molecule has 116 valence electrons. The number of nitrogens with one attached hydrogen (secondary N) is 2. The van der Waals surface area contributed by atoms with E-state index in [0.29, 0.717) is 17.8 Å². The third-order valence-electron chi connectivity index (χ3n) is 3.82. The number of nitrogens with zero attached hydrogens (tertiary/aromatic N) is 1. The fraction of sp³-hybridized carbons (Fsp3) is 0.562. The minimum atomic E-state index is -0.0789. The lowest BCUT2D eigenvalue weighted by Gasteiger charge is -2.15. The summed E-state index contributed by atoms with van der Waals surface area (Å²) in [7, 11) is 0. The summed E-state index contributed by atoms with van der Waals surface area (Å²) in [6, 6.07) is 5.42. The molecule has 1 aromatic rings. The van der Waals surface area contributed by atoms with E-state index < -0.39 is 0 Å². The van der Waals surface area contributed by atoms with Crippen LogP contribution in [0.1, 0.15) is 36.5 Å². The molecule has 1 amide bonds. The maximum Gasteiger partial charge on any atom is 0.251 e. The molecule has 21 heavy (non-hydrogen) atoms.